The zero-order chi connectivity index (χ0) is 22.7. The average Bonchev–Trinajstić information content (AvgIpc) is 3.07. The molecule has 0 aliphatic heterocycles. The summed E-state index contributed by atoms with van der Waals surface area (Å²) in [6, 6.07) is 12.7. The van der Waals surface area contributed by atoms with E-state index in [0.717, 1.165) is 11.3 Å². The van der Waals surface area contributed by atoms with Crippen LogP contribution in [0.1, 0.15) is 39.4 Å². The van der Waals surface area contributed by atoms with E-state index in [4.69, 9.17) is 5.73 Å². The van der Waals surface area contributed by atoms with Crippen LogP contribution in [0.15, 0.2) is 48.5 Å². The van der Waals surface area contributed by atoms with Crippen LogP contribution in [0.3, 0.4) is 0 Å². The van der Waals surface area contributed by atoms with Gasteiger partial charge in [0.2, 0.25) is 5.78 Å². The molecule has 0 unspecified atom stereocenters. The van der Waals surface area contributed by atoms with Gasteiger partial charge in [-0.3, -0.25) is 14.6 Å². The van der Waals surface area contributed by atoms with Gasteiger partial charge in [-0.2, -0.15) is 0 Å². The topological polar surface area (TPSA) is 91.6 Å². The number of hydrazine groups is 1. The van der Waals surface area contributed by atoms with E-state index in [1.807, 2.05) is 27.9 Å². The van der Waals surface area contributed by atoms with E-state index in [1.165, 1.54) is 18.2 Å². The summed E-state index contributed by atoms with van der Waals surface area (Å²) in [6.45, 7) is 3.89. The number of rotatable bonds is 7. The second-order valence-corrected chi connectivity index (χ2v) is 8.33. The fraction of sp³-hybridized carbons (Fsp3) is 0.227. The molecule has 0 atom stereocenters. The number of nitrogen functional groups attached to an aromatic ring is 1. The Kier molecular flexibility index (Phi) is 6.67. The summed E-state index contributed by atoms with van der Waals surface area (Å²) < 4.78 is 13.9. The second kappa shape index (κ2) is 9.23. The molecule has 7 nitrogen and oxygen atoms in total. The van der Waals surface area contributed by atoms with Crippen molar-refractivity contribution in [2.75, 3.05) is 25.1 Å². The molecule has 0 spiro atoms. The minimum Gasteiger partial charge on any atom is -0.382 e. The van der Waals surface area contributed by atoms with Crippen molar-refractivity contribution in [3.63, 3.8) is 0 Å². The van der Waals surface area contributed by atoms with Crippen molar-refractivity contribution in [2.24, 2.45) is 0 Å². The van der Waals surface area contributed by atoms with Gasteiger partial charge in [-0.1, -0.05) is 23.5 Å². The monoisotopic (exact) mass is 441 g/mol. The van der Waals surface area contributed by atoms with Crippen molar-refractivity contribution in [3.05, 3.63) is 70.4 Å². The smallest absolute Gasteiger partial charge is 0.268 e. The minimum absolute atomic E-state index is 0.0176. The summed E-state index contributed by atoms with van der Waals surface area (Å²) in [6.07, 6.45) is 0. The third kappa shape index (κ3) is 4.89. The summed E-state index contributed by atoms with van der Waals surface area (Å²) in [5.41, 5.74) is 7.07. The number of nitrogens with zero attached hydrogens (tertiary/aromatic N) is 3. The zero-order valence-corrected chi connectivity index (χ0v) is 18.5. The summed E-state index contributed by atoms with van der Waals surface area (Å²) in [5, 5.41) is 6.88. The number of anilines is 3. The number of amides is 1. The fourth-order valence-corrected chi connectivity index (χ4v) is 4.00. The lowest BCUT2D eigenvalue weighted by atomic mass is 10.1. The van der Waals surface area contributed by atoms with Crippen LogP contribution in [0, 0.1) is 5.82 Å². The molecule has 3 aromatic rings. The van der Waals surface area contributed by atoms with E-state index in [-0.39, 0.29) is 28.2 Å². The molecule has 3 rings (SSSR count). The number of hydrogen-bond acceptors (Lipinski definition) is 7. The largest absolute Gasteiger partial charge is 0.382 e. The molecular formula is C22H24FN5O2S. The van der Waals surface area contributed by atoms with Crippen molar-refractivity contribution in [1.29, 1.82) is 0 Å². The first-order valence-electron chi connectivity index (χ1n) is 9.62. The summed E-state index contributed by atoms with van der Waals surface area (Å²) in [7, 11) is 3.64. The van der Waals surface area contributed by atoms with Crippen LogP contribution < -0.4 is 11.1 Å². The SMILES string of the molecule is CC(C)N(C(=O)c1ccc(Nc2nc(N)c(C(=O)c3ccccc3F)s2)cc1)N(C)C. The Balaban J connectivity index is 1.77. The van der Waals surface area contributed by atoms with Crippen LogP contribution in [0.4, 0.5) is 21.0 Å². The van der Waals surface area contributed by atoms with Crippen molar-refractivity contribution in [1.82, 2.24) is 15.0 Å². The quantitative estimate of drug-likeness (QED) is 0.422. The number of hydrogen-bond donors (Lipinski definition) is 2. The highest BCUT2D eigenvalue weighted by molar-refractivity contribution is 7.18. The van der Waals surface area contributed by atoms with E-state index in [0.29, 0.717) is 16.4 Å². The summed E-state index contributed by atoms with van der Waals surface area (Å²) in [5.74, 6) is -1.20. The number of nitrogens with two attached hydrogens (primary N) is 1. The molecule has 9 heteroatoms. The highest BCUT2D eigenvalue weighted by Gasteiger charge is 2.22. The maximum atomic E-state index is 13.9. The summed E-state index contributed by atoms with van der Waals surface area (Å²) in [4.78, 5) is 29.7. The number of aromatic nitrogens is 1. The number of benzene rings is 2. The number of halogens is 1. The molecule has 0 saturated carbocycles. The van der Waals surface area contributed by atoms with Gasteiger partial charge >= 0.3 is 0 Å². The van der Waals surface area contributed by atoms with Crippen LogP contribution in [0.2, 0.25) is 0 Å². The van der Waals surface area contributed by atoms with Gasteiger partial charge in [-0.25, -0.2) is 14.4 Å². The van der Waals surface area contributed by atoms with Crippen LogP contribution in [-0.2, 0) is 0 Å². The Hall–Kier alpha value is -3.30. The average molecular weight is 442 g/mol. The van der Waals surface area contributed by atoms with E-state index in [9.17, 15) is 14.0 Å². The van der Waals surface area contributed by atoms with Gasteiger partial charge < -0.3 is 11.1 Å². The standard InChI is InChI=1S/C22H24FN5O2S/c1-13(2)28(27(3)4)21(30)14-9-11-15(12-10-14)25-22-26-20(24)19(31-22)18(29)16-7-5-6-8-17(16)23/h5-13H,24H2,1-4H3,(H,25,26). The Morgan fingerprint density at radius 2 is 1.74 bits per heavy atom. The Labute approximate surface area is 184 Å². The molecule has 0 radical (unpaired) electrons. The number of ketones is 1. The van der Waals surface area contributed by atoms with Gasteiger partial charge in [0.15, 0.2) is 5.13 Å². The lowest BCUT2D eigenvalue weighted by Gasteiger charge is -2.32. The number of thiazole rings is 1. The number of carbonyl (C=O) groups is 2. The van der Waals surface area contributed by atoms with Gasteiger partial charge in [0, 0.05) is 31.4 Å². The molecule has 0 bridgehead atoms. The first-order valence-corrected chi connectivity index (χ1v) is 10.4. The molecule has 0 fully saturated rings. The van der Waals surface area contributed by atoms with Crippen LogP contribution in [-0.4, -0.2) is 46.8 Å². The molecule has 0 aliphatic rings. The van der Waals surface area contributed by atoms with Crippen LogP contribution in [0.5, 0.6) is 0 Å². The van der Waals surface area contributed by atoms with Crippen molar-refractivity contribution >= 4 is 39.7 Å². The van der Waals surface area contributed by atoms with E-state index in [1.54, 1.807) is 40.3 Å². The first kappa shape index (κ1) is 22.4. The third-order valence-electron chi connectivity index (χ3n) is 4.49. The first-order chi connectivity index (χ1) is 14.7. The molecule has 1 amide bonds. The third-order valence-corrected chi connectivity index (χ3v) is 5.47. The Morgan fingerprint density at radius 1 is 1.10 bits per heavy atom. The lowest BCUT2D eigenvalue weighted by molar-refractivity contribution is 0.00346. The highest BCUT2D eigenvalue weighted by atomic mass is 32.1. The molecule has 0 saturated heterocycles. The van der Waals surface area contributed by atoms with Gasteiger partial charge in [0.1, 0.15) is 16.5 Å². The molecule has 1 heterocycles. The predicted octanol–water partition coefficient (Wildman–Crippen LogP) is 4.17. The maximum absolute atomic E-state index is 13.9. The molecular weight excluding hydrogens is 417 g/mol. The van der Waals surface area contributed by atoms with E-state index < -0.39 is 11.6 Å². The van der Waals surface area contributed by atoms with Gasteiger partial charge in [-0.05, 0) is 50.2 Å². The van der Waals surface area contributed by atoms with E-state index >= 15 is 0 Å². The van der Waals surface area contributed by atoms with Crippen molar-refractivity contribution in [2.45, 2.75) is 19.9 Å². The second-order valence-electron chi connectivity index (χ2n) is 7.34. The summed E-state index contributed by atoms with van der Waals surface area (Å²) >= 11 is 1.04. The highest BCUT2D eigenvalue weighted by Crippen LogP contribution is 2.30. The van der Waals surface area contributed by atoms with Crippen LogP contribution in [0.25, 0.3) is 0 Å². The minimum atomic E-state index is -0.608. The van der Waals surface area contributed by atoms with Gasteiger partial charge in [0.25, 0.3) is 5.91 Å². The molecule has 0 aliphatic carbocycles. The van der Waals surface area contributed by atoms with Crippen molar-refractivity contribution in [3.8, 4) is 0 Å². The fourth-order valence-electron chi connectivity index (χ4n) is 3.15. The predicted molar refractivity (Wildman–Crippen MR) is 121 cm³/mol. The molecule has 162 valence electrons. The number of nitrogens with one attached hydrogen (secondary N) is 1. The van der Waals surface area contributed by atoms with E-state index in [2.05, 4.69) is 10.3 Å². The van der Waals surface area contributed by atoms with Gasteiger partial charge in [-0.15, -0.1) is 0 Å². The lowest BCUT2D eigenvalue weighted by Crippen LogP contribution is -2.46. The van der Waals surface area contributed by atoms with Crippen LogP contribution >= 0.6 is 11.3 Å². The maximum Gasteiger partial charge on any atom is 0.268 e. The number of carbonyl (C=O) groups excluding carboxylic acids is 2. The molecule has 2 aromatic carbocycles. The molecule has 31 heavy (non-hydrogen) atoms. The Bertz CT molecular complexity index is 1090. The van der Waals surface area contributed by atoms with Gasteiger partial charge in [0.05, 0.1) is 5.56 Å². The van der Waals surface area contributed by atoms with Crippen molar-refractivity contribution < 1.29 is 14.0 Å². The molecule has 3 N–H and O–H groups in total. The molecule has 1 aromatic heterocycles. The normalized spacial score (nSPS) is 11.1. The Morgan fingerprint density at radius 3 is 2.32 bits per heavy atom. The zero-order valence-electron chi connectivity index (χ0n) is 17.7.